The van der Waals surface area contributed by atoms with Crippen molar-refractivity contribution in [1.82, 2.24) is 0 Å². The van der Waals surface area contributed by atoms with Gasteiger partial charge < -0.3 is 10.2 Å². The van der Waals surface area contributed by atoms with E-state index in [9.17, 15) is 15.0 Å². The smallest absolute Gasteiger partial charge is 0.155 e. The van der Waals surface area contributed by atoms with E-state index >= 15 is 0 Å². The minimum absolute atomic E-state index is 0.111. The summed E-state index contributed by atoms with van der Waals surface area (Å²) in [4.78, 5) is 11.9. The minimum Gasteiger partial charge on any atom is -0.396 e. The third-order valence-corrected chi connectivity index (χ3v) is 9.03. The Balaban J connectivity index is 1.68. The predicted octanol–water partition coefficient (Wildman–Crippen LogP) is 3.73. The Bertz CT molecular complexity index is 596. The van der Waals surface area contributed by atoms with E-state index in [1.165, 1.54) is 24.8 Å². The molecule has 0 aromatic carbocycles. The molecule has 4 aliphatic carbocycles. The van der Waals surface area contributed by atoms with Crippen molar-refractivity contribution in [2.75, 3.05) is 6.61 Å². The van der Waals surface area contributed by atoms with Crippen molar-refractivity contribution >= 4 is 5.78 Å². The molecule has 8 atom stereocenters. The Hall–Kier alpha value is -0.670. The first-order valence-electron chi connectivity index (χ1n) is 10.3. The number of rotatable bonds is 2. The molecule has 0 spiro atoms. The summed E-state index contributed by atoms with van der Waals surface area (Å²) in [5.74, 6) is 2.62. The van der Waals surface area contributed by atoms with Crippen LogP contribution < -0.4 is 0 Å². The van der Waals surface area contributed by atoms with Gasteiger partial charge in [0.15, 0.2) is 5.78 Å². The van der Waals surface area contributed by atoms with E-state index < -0.39 is 0 Å². The van der Waals surface area contributed by atoms with Gasteiger partial charge in [-0.2, -0.15) is 0 Å². The summed E-state index contributed by atoms with van der Waals surface area (Å²) in [6.07, 6.45) is 8.63. The molecule has 0 radical (unpaired) electrons. The van der Waals surface area contributed by atoms with Crippen LogP contribution in [0.15, 0.2) is 11.6 Å². The standard InChI is InChI=1S/C22H34O3/c1-13(12-23)16-4-5-17-20-18(7-9-22(16,17)3)21(2)8-6-15(24)10-14(21)11-19(20)25/h10,13,16-20,23,25H,4-9,11-12H2,1-3H3/t13-,16-,17?,18?,19?,20?,21+,22-/m1/s1. The number of fused-ring (bicyclic) bond motifs is 5. The number of carbonyl (C=O) groups is 1. The van der Waals surface area contributed by atoms with Crippen molar-refractivity contribution < 1.29 is 15.0 Å². The lowest BCUT2D eigenvalue weighted by Gasteiger charge is -2.59. The number of aliphatic hydroxyl groups excluding tert-OH is 2. The van der Waals surface area contributed by atoms with Gasteiger partial charge in [0.1, 0.15) is 0 Å². The van der Waals surface area contributed by atoms with Crippen molar-refractivity contribution in [3.8, 4) is 0 Å². The van der Waals surface area contributed by atoms with Crippen molar-refractivity contribution in [2.45, 2.75) is 71.8 Å². The van der Waals surface area contributed by atoms with Gasteiger partial charge in [0.05, 0.1) is 6.10 Å². The van der Waals surface area contributed by atoms with E-state index in [-0.39, 0.29) is 29.3 Å². The lowest BCUT2D eigenvalue weighted by molar-refractivity contribution is -0.125. The van der Waals surface area contributed by atoms with Gasteiger partial charge in [0.2, 0.25) is 0 Å². The molecule has 3 heteroatoms. The summed E-state index contributed by atoms with van der Waals surface area (Å²) in [5, 5.41) is 20.8. The van der Waals surface area contributed by atoms with Crippen LogP contribution in [-0.4, -0.2) is 28.7 Å². The monoisotopic (exact) mass is 346 g/mol. The molecular formula is C22H34O3. The average Bonchev–Trinajstić information content (AvgIpc) is 2.93. The van der Waals surface area contributed by atoms with Crippen LogP contribution in [0.4, 0.5) is 0 Å². The molecule has 25 heavy (non-hydrogen) atoms. The van der Waals surface area contributed by atoms with Crippen LogP contribution >= 0.6 is 0 Å². The van der Waals surface area contributed by atoms with Gasteiger partial charge in [-0.05, 0) is 85.0 Å². The first-order valence-corrected chi connectivity index (χ1v) is 10.3. The van der Waals surface area contributed by atoms with E-state index in [0.29, 0.717) is 42.4 Å². The molecular weight excluding hydrogens is 312 g/mol. The van der Waals surface area contributed by atoms with E-state index in [2.05, 4.69) is 20.8 Å². The number of hydrogen-bond acceptors (Lipinski definition) is 3. The van der Waals surface area contributed by atoms with E-state index in [0.717, 1.165) is 12.8 Å². The molecule has 4 rings (SSSR count). The molecule has 0 aromatic rings. The lowest BCUT2D eigenvalue weighted by atomic mass is 9.46. The van der Waals surface area contributed by atoms with Gasteiger partial charge in [-0.1, -0.05) is 26.3 Å². The maximum atomic E-state index is 11.9. The Morgan fingerprint density at radius 3 is 2.68 bits per heavy atom. The Morgan fingerprint density at radius 1 is 1.20 bits per heavy atom. The van der Waals surface area contributed by atoms with E-state index in [1.807, 2.05) is 6.08 Å². The summed E-state index contributed by atoms with van der Waals surface area (Å²) in [6.45, 7) is 7.26. The number of aliphatic hydroxyl groups is 2. The molecule has 4 unspecified atom stereocenters. The zero-order chi connectivity index (χ0) is 18.0. The number of carbonyl (C=O) groups excluding carboxylic acids is 1. The molecule has 0 heterocycles. The first kappa shape index (κ1) is 17.7. The summed E-state index contributed by atoms with van der Waals surface area (Å²) in [7, 11) is 0. The van der Waals surface area contributed by atoms with Gasteiger partial charge in [-0.25, -0.2) is 0 Å². The molecule has 3 saturated carbocycles. The fourth-order valence-electron chi connectivity index (χ4n) is 7.63. The second kappa shape index (κ2) is 5.92. The molecule has 3 nitrogen and oxygen atoms in total. The number of hydrogen-bond donors (Lipinski definition) is 2. The van der Waals surface area contributed by atoms with Gasteiger partial charge in [0, 0.05) is 13.0 Å². The minimum atomic E-state index is -0.303. The SMILES string of the molecule is C[C@H](CO)[C@H]1CCC2C3C(O)CC4=CC(=O)CC[C@]4(C)C3CC[C@@]21C. The van der Waals surface area contributed by atoms with Crippen molar-refractivity contribution in [3.63, 3.8) is 0 Å². The van der Waals surface area contributed by atoms with Crippen LogP contribution in [0, 0.1) is 40.4 Å². The summed E-state index contributed by atoms with van der Waals surface area (Å²) >= 11 is 0. The third kappa shape index (κ3) is 2.41. The fraction of sp³-hybridized carbons (Fsp3) is 0.864. The first-order chi connectivity index (χ1) is 11.8. The molecule has 0 aromatic heterocycles. The largest absolute Gasteiger partial charge is 0.396 e. The van der Waals surface area contributed by atoms with Gasteiger partial charge >= 0.3 is 0 Å². The third-order valence-electron chi connectivity index (χ3n) is 9.03. The molecule has 2 N–H and O–H groups in total. The highest BCUT2D eigenvalue weighted by atomic mass is 16.3. The molecule has 0 amide bonds. The molecule has 0 aliphatic heterocycles. The second-order valence-corrected chi connectivity index (χ2v) is 10.0. The van der Waals surface area contributed by atoms with E-state index in [4.69, 9.17) is 0 Å². The van der Waals surface area contributed by atoms with Gasteiger partial charge in [0.25, 0.3) is 0 Å². The maximum absolute atomic E-state index is 11.9. The van der Waals surface area contributed by atoms with Crippen LogP contribution in [0.5, 0.6) is 0 Å². The molecule has 0 bridgehead atoms. The second-order valence-electron chi connectivity index (χ2n) is 10.0. The Morgan fingerprint density at radius 2 is 1.96 bits per heavy atom. The van der Waals surface area contributed by atoms with Gasteiger partial charge in [-0.15, -0.1) is 0 Å². The topological polar surface area (TPSA) is 57.5 Å². The molecule has 3 fully saturated rings. The van der Waals surface area contributed by atoms with Crippen LogP contribution in [-0.2, 0) is 4.79 Å². The van der Waals surface area contributed by atoms with Crippen molar-refractivity contribution in [2.24, 2.45) is 40.4 Å². The van der Waals surface area contributed by atoms with Crippen LogP contribution in [0.1, 0.15) is 65.7 Å². The maximum Gasteiger partial charge on any atom is 0.155 e. The Kier molecular flexibility index (Phi) is 4.20. The fourth-order valence-corrected chi connectivity index (χ4v) is 7.63. The zero-order valence-corrected chi connectivity index (χ0v) is 16.0. The average molecular weight is 347 g/mol. The predicted molar refractivity (Wildman–Crippen MR) is 97.8 cm³/mol. The lowest BCUT2D eigenvalue weighted by Crippen LogP contribution is -2.55. The van der Waals surface area contributed by atoms with Crippen molar-refractivity contribution in [1.29, 1.82) is 0 Å². The quantitative estimate of drug-likeness (QED) is 0.801. The van der Waals surface area contributed by atoms with Gasteiger partial charge in [-0.3, -0.25) is 4.79 Å². The summed E-state index contributed by atoms with van der Waals surface area (Å²) in [5.41, 5.74) is 1.59. The zero-order valence-electron chi connectivity index (χ0n) is 16.0. The van der Waals surface area contributed by atoms with E-state index in [1.54, 1.807) is 0 Å². The number of ketones is 1. The molecule has 4 aliphatic rings. The van der Waals surface area contributed by atoms with Crippen LogP contribution in [0.25, 0.3) is 0 Å². The van der Waals surface area contributed by atoms with Crippen molar-refractivity contribution in [3.05, 3.63) is 11.6 Å². The van der Waals surface area contributed by atoms with Crippen LogP contribution in [0.3, 0.4) is 0 Å². The summed E-state index contributed by atoms with van der Waals surface area (Å²) < 4.78 is 0. The highest BCUT2D eigenvalue weighted by Crippen LogP contribution is 2.67. The summed E-state index contributed by atoms with van der Waals surface area (Å²) in [6, 6.07) is 0. The normalized spacial score (nSPS) is 50.5. The molecule has 140 valence electrons. The van der Waals surface area contributed by atoms with Crippen LogP contribution in [0.2, 0.25) is 0 Å². The molecule has 0 saturated heterocycles. The highest BCUT2D eigenvalue weighted by Gasteiger charge is 2.61. The highest BCUT2D eigenvalue weighted by molar-refractivity contribution is 5.91. The Labute approximate surface area is 151 Å².